The molecule has 0 aromatic heterocycles. The van der Waals surface area contributed by atoms with Gasteiger partial charge < -0.3 is 5.73 Å². The van der Waals surface area contributed by atoms with Crippen LogP contribution in [0.3, 0.4) is 0 Å². The predicted molar refractivity (Wildman–Crippen MR) is 85.4 cm³/mol. The molecule has 0 aliphatic rings. The van der Waals surface area contributed by atoms with Crippen molar-refractivity contribution < 1.29 is 4.39 Å². The maximum atomic E-state index is 13.2. The van der Waals surface area contributed by atoms with Crippen molar-refractivity contribution in [3.05, 3.63) is 35.6 Å². The van der Waals surface area contributed by atoms with Gasteiger partial charge in [0.2, 0.25) is 0 Å². The van der Waals surface area contributed by atoms with E-state index < -0.39 is 0 Å². The summed E-state index contributed by atoms with van der Waals surface area (Å²) in [5.41, 5.74) is 6.88. The first-order valence-corrected chi connectivity index (χ1v) is 8.23. The molecule has 0 fully saturated rings. The first-order chi connectivity index (χ1) is 9.77. The molecule has 1 nitrogen and oxygen atoms in total. The summed E-state index contributed by atoms with van der Waals surface area (Å²) in [7, 11) is 0. The summed E-state index contributed by atoms with van der Waals surface area (Å²) in [5.74, 6) is 0.155. The molecular weight excluding hydrogens is 249 g/mol. The molecule has 0 heterocycles. The highest BCUT2D eigenvalue weighted by Gasteiger charge is 2.09. The molecule has 0 saturated heterocycles. The zero-order valence-corrected chi connectivity index (χ0v) is 12.9. The smallest absolute Gasteiger partial charge is 0.123 e. The van der Waals surface area contributed by atoms with Gasteiger partial charge in [0, 0.05) is 0 Å². The van der Waals surface area contributed by atoms with E-state index in [-0.39, 0.29) is 5.82 Å². The third-order valence-electron chi connectivity index (χ3n) is 4.01. The SMILES string of the molecule is CCCCCCCCCCC(CN)c1cccc(F)c1. The van der Waals surface area contributed by atoms with Crippen LogP contribution in [-0.2, 0) is 0 Å². The molecule has 0 spiro atoms. The van der Waals surface area contributed by atoms with Crippen molar-refractivity contribution in [3.63, 3.8) is 0 Å². The van der Waals surface area contributed by atoms with Crippen LogP contribution in [0.4, 0.5) is 4.39 Å². The van der Waals surface area contributed by atoms with Crippen molar-refractivity contribution >= 4 is 0 Å². The number of benzene rings is 1. The molecule has 1 unspecified atom stereocenters. The first kappa shape index (κ1) is 17.2. The van der Waals surface area contributed by atoms with Gasteiger partial charge in [-0.2, -0.15) is 0 Å². The van der Waals surface area contributed by atoms with Gasteiger partial charge in [0.05, 0.1) is 0 Å². The quantitative estimate of drug-likeness (QED) is 0.539. The Morgan fingerprint density at radius 3 is 2.25 bits per heavy atom. The van der Waals surface area contributed by atoms with Crippen LogP contribution in [0.2, 0.25) is 0 Å². The Morgan fingerprint density at radius 2 is 1.65 bits per heavy atom. The first-order valence-electron chi connectivity index (χ1n) is 8.23. The molecule has 0 radical (unpaired) electrons. The fourth-order valence-corrected chi connectivity index (χ4v) is 2.71. The van der Waals surface area contributed by atoms with Gasteiger partial charge in [-0.15, -0.1) is 0 Å². The van der Waals surface area contributed by atoms with Crippen LogP contribution < -0.4 is 5.73 Å². The zero-order chi connectivity index (χ0) is 14.6. The average molecular weight is 279 g/mol. The van der Waals surface area contributed by atoms with Gasteiger partial charge in [0.1, 0.15) is 5.82 Å². The van der Waals surface area contributed by atoms with Crippen LogP contribution in [-0.4, -0.2) is 6.54 Å². The van der Waals surface area contributed by atoms with Crippen molar-refractivity contribution in [3.8, 4) is 0 Å². The maximum absolute atomic E-state index is 13.2. The van der Waals surface area contributed by atoms with Crippen molar-refractivity contribution in [2.75, 3.05) is 6.54 Å². The van der Waals surface area contributed by atoms with Gasteiger partial charge in [-0.3, -0.25) is 0 Å². The molecule has 1 aromatic rings. The van der Waals surface area contributed by atoms with Gasteiger partial charge in [0.25, 0.3) is 0 Å². The van der Waals surface area contributed by atoms with E-state index in [4.69, 9.17) is 5.73 Å². The Bertz CT molecular complexity index is 351. The topological polar surface area (TPSA) is 26.0 Å². The summed E-state index contributed by atoms with van der Waals surface area (Å²) in [6, 6.07) is 6.89. The Labute approximate surface area is 123 Å². The van der Waals surface area contributed by atoms with Crippen LogP contribution in [0.1, 0.15) is 76.2 Å². The van der Waals surface area contributed by atoms with E-state index >= 15 is 0 Å². The number of hydrogen-bond acceptors (Lipinski definition) is 1. The third kappa shape index (κ3) is 7.04. The molecular formula is C18H30FN. The largest absolute Gasteiger partial charge is 0.330 e. The molecule has 114 valence electrons. The highest BCUT2D eigenvalue weighted by atomic mass is 19.1. The highest BCUT2D eigenvalue weighted by molar-refractivity contribution is 5.20. The lowest BCUT2D eigenvalue weighted by Gasteiger charge is -2.15. The van der Waals surface area contributed by atoms with E-state index in [1.54, 1.807) is 12.1 Å². The summed E-state index contributed by atoms with van der Waals surface area (Å²) < 4.78 is 13.2. The van der Waals surface area contributed by atoms with E-state index in [9.17, 15) is 4.39 Å². The number of hydrogen-bond donors (Lipinski definition) is 1. The Kier molecular flexibility index (Phi) is 9.31. The number of unbranched alkanes of at least 4 members (excludes halogenated alkanes) is 7. The van der Waals surface area contributed by atoms with Crippen LogP contribution in [0.25, 0.3) is 0 Å². The minimum absolute atomic E-state index is 0.156. The second-order valence-corrected chi connectivity index (χ2v) is 5.75. The van der Waals surface area contributed by atoms with Gasteiger partial charge in [0.15, 0.2) is 0 Å². The van der Waals surface area contributed by atoms with Gasteiger partial charge in [-0.1, -0.05) is 70.4 Å². The maximum Gasteiger partial charge on any atom is 0.123 e. The molecule has 1 aromatic carbocycles. The molecule has 20 heavy (non-hydrogen) atoms. The molecule has 0 amide bonds. The summed E-state index contributed by atoms with van der Waals surface area (Å²) in [4.78, 5) is 0. The lowest BCUT2D eigenvalue weighted by Crippen LogP contribution is -2.12. The van der Waals surface area contributed by atoms with E-state index in [1.807, 2.05) is 6.07 Å². The number of halogens is 1. The molecule has 0 aliphatic carbocycles. The molecule has 0 saturated carbocycles. The molecule has 2 N–H and O–H groups in total. The van der Waals surface area contributed by atoms with Crippen molar-refractivity contribution in [2.24, 2.45) is 5.73 Å². The summed E-state index contributed by atoms with van der Waals surface area (Å²) >= 11 is 0. The summed E-state index contributed by atoms with van der Waals surface area (Å²) in [5, 5.41) is 0. The standard InChI is InChI=1S/C18H30FN/c1-2-3-4-5-6-7-8-9-11-17(15-20)16-12-10-13-18(19)14-16/h10,12-14,17H,2-9,11,15,20H2,1H3. The minimum atomic E-state index is -0.156. The molecule has 2 heteroatoms. The fraction of sp³-hybridized carbons (Fsp3) is 0.667. The van der Waals surface area contributed by atoms with Gasteiger partial charge >= 0.3 is 0 Å². The average Bonchev–Trinajstić information content (AvgIpc) is 2.46. The van der Waals surface area contributed by atoms with Crippen LogP contribution in [0.15, 0.2) is 24.3 Å². The molecule has 1 rings (SSSR count). The fourth-order valence-electron chi connectivity index (χ4n) is 2.71. The molecule has 0 bridgehead atoms. The van der Waals surface area contributed by atoms with Crippen molar-refractivity contribution in [2.45, 2.75) is 70.6 Å². The second-order valence-electron chi connectivity index (χ2n) is 5.75. The lowest BCUT2D eigenvalue weighted by atomic mass is 9.93. The second kappa shape index (κ2) is 10.8. The summed E-state index contributed by atoms with van der Waals surface area (Å²) in [6.07, 6.45) is 11.7. The van der Waals surface area contributed by atoms with Gasteiger partial charge in [-0.05, 0) is 36.6 Å². The van der Waals surface area contributed by atoms with Crippen molar-refractivity contribution in [1.29, 1.82) is 0 Å². The van der Waals surface area contributed by atoms with Crippen LogP contribution >= 0.6 is 0 Å². The van der Waals surface area contributed by atoms with E-state index in [1.165, 1.54) is 57.4 Å². The van der Waals surface area contributed by atoms with E-state index in [0.29, 0.717) is 12.5 Å². The van der Waals surface area contributed by atoms with E-state index in [0.717, 1.165) is 12.0 Å². The van der Waals surface area contributed by atoms with Crippen LogP contribution in [0.5, 0.6) is 0 Å². The third-order valence-corrected chi connectivity index (χ3v) is 4.01. The summed E-state index contributed by atoms with van der Waals surface area (Å²) in [6.45, 7) is 2.86. The normalized spacial score (nSPS) is 12.6. The Hall–Kier alpha value is -0.890. The van der Waals surface area contributed by atoms with Gasteiger partial charge in [-0.25, -0.2) is 4.39 Å². The number of nitrogens with two attached hydrogens (primary N) is 1. The molecule has 0 aliphatic heterocycles. The molecule has 1 atom stereocenters. The highest BCUT2D eigenvalue weighted by Crippen LogP contribution is 2.22. The number of rotatable bonds is 11. The predicted octanol–water partition coefficient (Wildman–Crippen LogP) is 5.40. The van der Waals surface area contributed by atoms with Crippen molar-refractivity contribution in [1.82, 2.24) is 0 Å². The Morgan fingerprint density at radius 1 is 1.00 bits per heavy atom. The van der Waals surface area contributed by atoms with E-state index in [2.05, 4.69) is 6.92 Å². The Balaban J connectivity index is 2.16. The zero-order valence-electron chi connectivity index (χ0n) is 12.9. The minimum Gasteiger partial charge on any atom is -0.330 e. The lowest BCUT2D eigenvalue weighted by molar-refractivity contribution is 0.530. The monoisotopic (exact) mass is 279 g/mol. The van der Waals surface area contributed by atoms with Crippen LogP contribution in [0, 0.1) is 5.82 Å².